The maximum absolute atomic E-state index is 10.0. The van der Waals surface area contributed by atoms with Crippen molar-refractivity contribution in [3.8, 4) is 0 Å². The van der Waals surface area contributed by atoms with E-state index in [4.69, 9.17) is 14.6 Å². The van der Waals surface area contributed by atoms with Gasteiger partial charge in [-0.05, 0) is 49.7 Å². The summed E-state index contributed by atoms with van der Waals surface area (Å²) in [5.74, 6) is 3.71. The summed E-state index contributed by atoms with van der Waals surface area (Å²) in [5.41, 5.74) is 5.42. The number of fused-ring (bicyclic) bond motifs is 6. The first kappa shape index (κ1) is 31.6. The van der Waals surface area contributed by atoms with Gasteiger partial charge in [0, 0.05) is 36.2 Å². The molecule has 2 saturated carbocycles. The molecule has 0 unspecified atom stereocenters. The molecule has 2 aliphatic carbocycles. The second-order valence-electron chi connectivity index (χ2n) is 14.3. The fourth-order valence-corrected chi connectivity index (χ4v) is 8.29. The lowest BCUT2D eigenvalue weighted by Gasteiger charge is -2.37. The monoisotopic (exact) mass is 669 g/mol. The summed E-state index contributed by atoms with van der Waals surface area (Å²) >= 11 is 0. The Labute approximate surface area is 282 Å². The van der Waals surface area contributed by atoms with E-state index in [-0.39, 0.29) is 17.6 Å². The first-order chi connectivity index (χ1) is 23.8. The molecule has 15 nitrogen and oxygen atoms in total. The molecule has 4 N–H and O–H groups in total. The van der Waals surface area contributed by atoms with Crippen LogP contribution in [0.4, 0.5) is 4.79 Å². The Balaban J connectivity index is 0.000000302. The number of carboxylic acid groups (broad SMARTS) is 1. The molecule has 9 rings (SSSR count). The Morgan fingerprint density at radius 2 is 1.39 bits per heavy atom. The summed E-state index contributed by atoms with van der Waals surface area (Å²) in [7, 11) is 0. The van der Waals surface area contributed by atoms with E-state index in [1.54, 1.807) is 12.4 Å². The molecular weight excluding hydrogens is 626 g/mol. The van der Waals surface area contributed by atoms with Gasteiger partial charge in [-0.2, -0.15) is 0 Å². The highest BCUT2D eigenvalue weighted by atomic mass is 16.5. The van der Waals surface area contributed by atoms with Crippen molar-refractivity contribution in [2.24, 2.45) is 17.3 Å². The second kappa shape index (κ2) is 12.7. The molecule has 6 atom stereocenters. The fraction of sp³-hybridized carbons (Fsp3) is 0.559. The van der Waals surface area contributed by atoms with Crippen molar-refractivity contribution in [3.63, 3.8) is 0 Å². The van der Waals surface area contributed by atoms with E-state index in [1.165, 1.54) is 0 Å². The van der Waals surface area contributed by atoms with Gasteiger partial charge < -0.3 is 29.9 Å². The van der Waals surface area contributed by atoms with Crippen molar-refractivity contribution in [1.29, 1.82) is 0 Å². The van der Waals surface area contributed by atoms with E-state index in [0.29, 0.717) is 43.4 Å². The van der Waals surface area contributed by atoms with Gasteiger partial charge in [-0.3, -0.25) is 8.80 Å². The highest BCUT2D eigenvalue weighted by Crippen LogP contribution is 2.47. The normalized spacial score (nSPS) is 26.3. The first-order valence-corrected chi connectivity index (χ1v) is 17.4. The number of amides is 1. The predicted octanol–water partition coefficient (Wildman–Crippen LogP) is 5.08. The van der Waals surface area contributed by atoms with Crippen LogP contribution in [-0.4, -0.2) is 92.3 Å². The maximum atomic E-state index is 10.0. The Morgan fingerprint density at radius 3 is 1.82 bits per heavy atom. The van der Waals surface area contributed by atoms with Crippen molar-refractivity contribution in [1.82, 2.24) is 54.4 Å². The number of nitrogens with one attached hydrogen (secondary N) is 3. The zero-order valence-electron chi connectivity index (χ0n) is 28.0. The summed E-state index contributed by atoms with van der Waals surface area (Å²) in [5, 5.41) is 28.8. The molecule has 0 radical (unpaired) electrons. The van der Waals surface area contributed by atoms with Gasteiger partial charge in [0.2, 0.25) is 0 Å². The van der Waals surface area contributed by atoms with Crippen LogP contribution in [0.15, 0.2) is 36.9 Å². The number of hydrogen-bond acceptors (Lipinski definition) is 9. The zero-order chi connectivity index (χ0) is 33.7. The number of rotatable bonds is 8. The van der Waals surface area contributed by atoms with E-state index < -0.39 is 6.09 Å². The number of carbonyl (C=O) groups is 1. The average molecular weight is 670 g/mol. The van der Waals surface area contributed by atoms with E-state index in [2.05, 4.69) is 80.4 Å². The lowest BCUT2D eigenvalue weighted by molar-refractivity contribution is -0.0980. The van der Waals surface area contributed by atoms with Crippen molar-refractivity contribution in [2.75, 3.05) is 19.8 Å². The lowest BCUT2D eigenvalue weighted by Crippen LogP contribution is -2.48. The molecule has 258 valence electrons. The van der Waals surface area contributed by atoms with Gasteiger partial charge in [0.05, 0.1) is 48.8 Å². The van der Waals surface area contributed by atoms with Crippen molar-refractivity contribution >= 4 is 39.7 Å². The zero-order valence-corrected chi connectivity index (χ0v) is 28.0. The third-order valence-corrected chi connectivity index (χ3v) is 10.9. The average Bonchev–Trinajstić information content (AvgIpc) is 3.93. The van der Waals surface area contributed by atoms with Gasteiger partial charge in [0.25, 0.3) is 0 Å². The summed E-state index contributed by atoms with van der Waals surface area (Å²) in [6, 6.07) is 4.11. The van der Waals surface area contributed by atoms with Gasteiger partial charge >= 0.3 is 6.09 Å². The standard InChI is InChI=1S/C28H32N10O.C6H11NO3/c1-3-15-9-17(11-19(15)27-35-33-23-13-31-25-21(37(23)27)5-7-29-25)39-18-10-16(4-2)20(12-18)28-36-34-24-14-32-26-22(38(24)28)6-8-30-26;1-6(3-10-4-6)2-7-5(8)9/h5-8,13-20,29-30H,3-4,9-12H2,1-2H3;7H,2-4H2,1H3,(H,8,9)/t15-,16-,17+,18+,19+,20+;/m1./s1. The molecule has 15 heteroatoms. The number of H-pyrrole nitrogens is 2. The molecule has 0 spiro atoms. The van der Waals surface area contributed by atoms with E-state index in [0.717, 1.165) is 83.8 Å². The SMILES string of the molecule is CC1(CNC(=O)O)COC1.CC[C@@H]1C[C@H](O[C@H]2C[C@@H](CC)[C@@H](c3nnc4cnc5[nH]ccc5n34)C2)C[C@@H]1c1nnc2cnc3[nH]ccc3n12. The van der Waals surface area contributed by atoms with Gasteiger partial charge in [-0.15, -0.1) is 20.4 Å². The van der Waals surface area contributed by atoms with Crippen LogP contribution < -0.4 is 5.32 Å². The number of ether oxygens (including phenoxy) is 2. The van der Waals surface area contributed by atoms with E-state index in [9.17, 15) is 4.79 Å². The molecule has 3 aliphatic rings. The van der Waals surface area contributed by atoms with Crippen LogP contribution in [0.3, 0.4) is 0 Å². The number of aromatic nitrogens is 10. The van der Waals surface area contributed by atoms with Crippen LogP contribution in [0.5, 0.6) is 0 Å². The third kappa shape index (κ3) is 5.78. The van der Waals surface area contributed by atoms with Gasteiger partial charge in [0.15, 0.2) is 22.6 Å². The molecular formula is C34H43N11O4. The second-order valence-corrected chi connectivity index (χ2v) is 14.3. The molecule has 1 amide bonds. The highest BCUT2D eigenvalue weighted by molar-refractivity contribution is 5.75. The smallest absolute Gasteiger partial charge is 0.404 e. The third-order valence-electron chi connectivity index (χ3n) is 10.9. The van der Waals surface area contributed by atoms with Crippen LogP contribution >= 0.6 is 0 Å². The van der Waals surface area contributed by atoms with Gasteiger partial charge in [0.1, 0.15) is 11.6 Å². The Morgan fingerprint density at radius 1 is 0.878 bits per heavy atom. The van der Waals surface area contributed by atoms with Crippen LogP contribution in [0, 0.1) is 17.3 Å². The molecule has 6 aromatic heterocycles. The quantitative estimate of drug-likeness (QED) is 0.170. The predicted molar refractivity (Wildman–Crippen MR) is 180 cm³/mol. The summed E-state index contributed by atoms with van der Waals surface area (Å²) in [6.45, 7) is 8.36. The minimum absolute atomic E-state index is 0.0401. The molecule has 1 aliphatic heterocycles. The maximum Gasteiger partial charge on any atom is 0.404 e. The first-order valence-electron chi connectivity index (χ1n) is 17.4. The van der Waals surface area contributed by atoms with Gasteiger partial charge in [-0.1, -0.05) is 33.6 Å². The van der Waals surface area contributed by atoms with Crippen LogP contribution in [0.1, 0.15) is 82.8 Å². The van der Waals surface area contributed by atoms with Crippen LogP contribution in [-0.2, 0) is 9.47 Å². The molecule has 6 aromatic rings. The van der Waals surface area contributed by atoms with Crippen molar-refractivity contribution in [2.45, 2.75) is 83.3 Å². The van der Waals surface area contributed by atoms with Crippen LogP contribution in [0.2, 0.25) is 0 Å². The summed E-state index contributed by atoms with van der Waals surface area (Å²) < 4.78 is 16.2. The largest absolute Gasteiger partial charge is 0.465 e. The minimum Gasteiger partial charge on any atom is -0.465 e. The molecule has 0 aromatic carbocycles. The highest BCUT2D eigenvalue weighted by Gasteiger charge is 2.43. The molecule has 3 fully saturated rings. The molecule has 49 heavy (non-hydrogen) atoms. The van der Waals surface area contributed by atoms with E-state index in [1.807, 2.05) is 19.3 Å². The number of aromatic amines is 2. The van der Waals surface area contributed by atoms with Crippen LogP contribution in [0.25, 0.3) is 33.6 Å². The Bertz CT molecular complexity index is 1960. The van der Waals surface area contributed by atoms with Gasteiger partial charge in [-0.25, -0.2) is 14.8 Å². The fourth-order valence-electron chi connectivity index (χ4n) is 8.29. The van der Waals surface area contributed by atoms with E-state index >= 15 is 0 Å². The molecule has 1 saturated heterocycles. The minimum atomic E-state index is -0.965. The summed E-state index contributed by atoms with van der Waals surface area (Å²) in [6.07, 6.45) is 13.2. The molecule has 7 heterocycles. The van der Waals surface area contributed by atoms with Crippen molar-refractivity contribution in [3.05, 3.63) is 48.6 Å². The number of hydrogen-bond donors (Lipinski definition) is 4. The number of nitrogens with zero attached hydrogens (tertiary/aromatic N) is 8. The van der Waals surface area contributed by atoms with Crippen molar-refractivity contribution < 1.29 is 19.4 Å². The topological polar surface area (TPSA) is 186 Å². The Hall–Kier alpha value is -4.63. The Kier molecular flexibility index (Phi) is 8.18. The molecule has 0 bridgehead atoms. The lowest BCUT2D eigenvalue weighted by atomic mass is 9.89. The summed E-state index contributed by atoms with van der Waals surface area (Å²) in [4.78, 5) is 25.4.